The lowest BCUT2D eigenvalue weighted by atomic mass is 9.87. The van der Waals surface area contributed by atoms with Crippen molar-refractivity contribution in [1.29, 1.82) is 0 Å². The Morgan fingerprint density at radius 2 is 1.81 bits per heavy atom. The summed E-state index contributed by atoms with van der Waals surface area (Å²) in [6.45, 7) is 2.26. The van der Waals surface area contributed by atoms with Gasteiger partial charge in [-0.05, 0) is 23.8 Å². The summed E-state index contributed by atoms with van der Waals surface area (Å²) in [5.74, 6) is 1.38. The summed E-state index contributed by atoms with van der Waals surface area (Å²) in [5.41, 5.74) is 7.71. The number of nitrogens with two attached hydrogens (primary N) is 1. The summed E-state index contributed by atoms with van der Waals surface area (Å²) < 4.78 is 0. The summed E-state index contributed by atoms with van der Waals surface area (Å²) in [7, 11) is 0. The lowest BCUT2D eigenvalue weighted by molar-refractivity contribution is 0.409. The van der Waals surface area contributed by atoms with Crippen LogP contribution in [0.5, 0.6) is 0 Å². The van der Waals surface area contributed by atoms with Gasteiger partial charge >= 0.3 is 0 Å². The first-order chi connectivity index (χ1) is 7.77. The van der Waals surface area contributed by atoms with Gasteiger partial charge in [0.15, 0.2) is 0 Å². The van der Waals surface area contributed by atoms with Gasteiger partial charge < -0.3 is 5.73 Å². The van der Waals surface area contributed by atoms with Crippen LogP contribution in [-0.2, 0) is 0 Å². The molecule has 16 heavy (non-hydrogen) atoms. The van der Waals surface area contributed by atoms with E-state index in [9.17, 15) is 0 Å². The molecule has 1 aliphatic carbocycles. The van der Waals surface area contributed by atoms with E-state index in [1.165, 1.54) is 37.7 Å². The van der Waals surface area contributed by atoms with Crippen molar-refractivity contribution in [2.24, 2.45) is 11.7 Å². The van der Waals surface area contributed by atoms with Crippen molar-refractivity contribution in [3.05, 3.63) is 35.9 Å². The maximum atomic E-state index is 6.33. The highest BCUT2D eigenvalue weighted by molar-refractivity contribution is 5.20. The lowest BCUT2D eigenvalue weighted by Crippen LogP contribution is -2.28. The Morgan fingerprint density at radius 3 is 2.44 bits per heavy atom. The highest BCUT2D eigenvalue weighted by Crippen LogP contribution is 2.31. The van der Waals surface area contributed by atoms with Gasteiger partial charge in [-0.15, -0.1) is 0 Å². The average molecular weight is 217 g/mol. The molecule has 1 nitrogen and oxygen atoms in total. The first-order valence-electron chi connectivity index (χ1n) is 6.58. The highest BCUT2D eigenvalue weighted by Gasteiger charge is 2.22. The van der Waals surface area contributed by atoms with Crippen molar-refractivity contribution in [1.82, 2.24) is 0 Å². The van der Waals surface area contributed by atoms with Crippen LogP contribution in [0.4, 0.5) is 0 Å². The van der Waals surface area contributed by atoms with E-state index in [0.717, 1.165) is 5.92 Å². The summed E-state index contributed by atoms with van der Waals surface area (Å²) in [6.07, 6.45) is 6.83. The van der Waals surface area contributed by atoms with Crippen LogP contribution in [0.3, 0.4) is 0 Å². The Morgan fingerprint density at radius 1 is 1.19 bits per heavy atom. The molecule has 0 aromatic heterocycles. The minimum atomic E-state index is 0.325. The lowest BCUT2D eigenvalue weighted by Gasteiger charge is -2.23. The molecule has 0 radical (unpaired) electrons. The van der Waals surface area contributed by atoms with E-state index < -0.39 is 0 Å². The zero-order chi connectivity index (χ0) is 11.4. The molecule has 0 heterocycles. The van der Waals surface area contributed by atoms with Crippen LogP contribution in [0.1, 0.15) is 50.5 Å². The molecule has 1 heteroatoms. The first-order valence-corrected chi connectivity index (χ1v) is 6.58. The normalized spacial score (nSPS) is 20.9. The van der Waals surface area contributed by atoms with Crippen molar-refractivity contribution in [3.8, 4) is 0 Å². The van der Waals surface area contributed by atoms with Crippen LogP contribution in [0.2, 0.25) is 0 Å². The van der Waals surface area contributed by atoms with Crippen LogP contribution in [-0.4, -0.2) is 6.04 Å². The summed E-state index contributed by atoms with van der Waals surface area (Å²) in [5, 5.41) is 0. The Bertz CT molecular complexity index is 300. The summed E-state index contributed by atoms with van der Waals surface area (Å²) in [6, 6.07) is 11.0. The third-order valence-electron chi connectivity index (χ3n) is 4.05. The number of hydrogen-bond donors (Lipinski definition) is 1. The van der Waals surface area contributed by atoms with E-state index in [-0.39, 0.29) is 0 Å². The quantitative estimate of drug-likeness (QED) is 0.817. The van der Waals surface area contributed by atoms with Crippen LogP contribution in [0.15, 0.2) is 30.3 Å². The van der Waals surface area contributed by atoms with E-state index in [4.69, 9.17) is 5.73 Å². The molecular formula is C15H23N. The van der Waals surface area contributed by atoms with E-state index in [1.807, 2.05) is 0 Å². The van der Waals surface area contributed by atoms with Crippen LogP contribution < -0.4 is 5.73 Å². The van der Waals surface area contributed by atoms with Crippen LogP contribution in [0, 0.1) is 5.92 Å². The van der Waals surface area contributed by atoms with Crippen molar-refractivity contribution < 1.29 is 0 Å². The monoisotopic (exact) mass is 217 g/mol. The second-order valence-corrected chi connectivity index (χ2v) is 5.25. The van der Waals surface area contributed by atoms with E-state index in [2.05, 4.69) is 37.3 Å². The van der Waals surface area contributed by atoms with Gasteiger partial charge in [0.1, 0.15) is 0 Å². The van der Waals surface area contributed by atoms with Gasteiger partial charge in [-0.3, -0.25) is 0 Å². The van der Waals surface area contributed by atoms with Crippen LogP contribution in [0.25, 0.3) is 0 Å². The summed E-state index contributed by atoms with van der Waals surface area (Å²) in [4.78, 5) is 0. The SMILES string of the molecule is CC(c1ccccc1)C(N)CC1CCCC1. The molecule has 2 N–H and O–H groups in total. The molecule has 88 valence electrons. The Hall–Kier alpha value is -0.820. The molecule has 0 saturated heterocycles. The fraction of sp³-hybridized carbons (Fsp3) is 0.600. The minimum absolute atomic E-state index is 0.325. The zero-order valence-corrected chi connectivity index (χ0v) is 10.2. The molecule has 2 rings (SSSR count). The first kappa shape index (κ1) is 11.7. The van der Waals surface area contributed by atoms with Gasteiger partial charge in [0.2, 0.25) is 0 Å². The topological polar surface area (TPSA) is 26.0 Å². The average Bonchev–Trinajstić information content (AvgIpc) is 2.82. The largest absolute Gasteiger partial charge is 0.327 e. The molecular weight excluding hydrogens is 194 g/mol. The molecule has 2 atom stereocenters. The third kappa shape index (κ3) is 2.85. The summed E-state index contributed by atoms with van der Waals surface area (Å²) >= 11 is 0. The molecule has 0 aliphatic heterocycles. The fourth-order valence-corrected chi connectivity index (χ4v) is 2.84. The number of benzene rings is 1. The Balaban J connectivity index is 1.91. The van der Waals surface area contributed by atoms with Gasteiger partial charge in [-0.2, -0.15) is 0 Å². The van der Waals surface area contributed by atoms with Crippen molar-refractivity contribution in [2.45, 2.75) is 51.0 Å². The molecule has 0 amide bonds. The third-order valence-corrected chi connectivity index (χ3v) is 4.05. The molecule has 1 saturated carbocycles. The Labute approximate surface area is 99.0 Å². The zero-order valence-electron chi connectivity index (χ0n) is 10.2. The highest BCUT2D eigenvalue weighted by atomic mass is 14.6. The van der Waals surface area contributed by atoms with Gasteiger partial charge in [0.25, 0.3) is 0 Å². The smallest absolute Gasteiger partial charge is 0.0108 e. The van der Waals surface area contributed by atoms with E-state index >= 15 is 0 Å². The molecule has 1 fully saturated rings. The molecule has 1 aromatic rings. The standard InChI is InChI=1S/C15H23N/c1-12(14-9-3-2-4-10-14)15(16)11-13-7-5-6-8-13/h2-4,9-10,12-13,15H,5-8,11,16H2,1H3. The van der Waals surface area contributed by atoms with Crippen molar-refractivity contribution in [3.63, 3.8) is 0 Å². The van der Waals surface area contributed by atoms with E-state index in [0.29, 0.717) is 12.0 Å². The second kappa shape index (κ2) is 5.49. The molecule has 0 spiro atoms. The van der Waals surface area contributed by atoms with Gasteiger partial charge in [0.05, 0.1) is 0 Å². The van der Waals surface area contributed by atoms with Gasteiger partial charge in [-0.1, -0.05) is 62.9 Å². The minimum Gasteiger partial charge on any atom is -0.327 e. The molecule has 0 bridgehead atoms. The molecule has 1 aliphatic rings. The van der Waals surface area contributed by atoms with Crippen LogP contribution >= 0.6 is 0 Å². The second-order valence-electron chi connectivity index (χ2n) is 5.25. The number of hydrogen-bond acceptors (Lipinski definition) is 1. The van der Waals surface area contributed by atoms with Crippen molar-refractivity contribution >= 4 is 0 Å². The predicted molar refractivity (Wildman–Crippen MR) is 69.4 cm³/mol. The fourth-order valence-electron chi connectivity index (χ4n) is 2.84. The van der Waals surface area contributed by atoms with Crippen molar-refractivity contribution in [2.75, 3.05) is 0 Å². The van der Waals surface area contributed by atoms with Gasteiger partial charge in [-0.25, -0.2) is 0 Å². The maximum Gasteiger partial charge on any atom is 0.0108 e. The maximum absolute atomic E-state index is 6.33. The molecule has 1 aromatic carbocycles. The molecule has 2 unspecified atom stereocenters. The predicted octanol–water partition coefficient (Wildman–Crippen LogP) is 3.70. The van der Waals surface area contributed by atoms with Gasteiger partial charge in [0, 0.05) is 6.04 Å². The Kier molecular flexibility index (Phi) is 4.00. The number of rotatable bonds is 4. The van der Waals surface area contributed by atoms with E-state index in [1.54, 1.807) is 0 Å².